The second-order valence-corrected chi connectivity index (χ2v) is 6.14. The van der Waals surface area contributed by atoms with Gasteiger partial charge in [-0.1, -0.05) is 27.7 Å². The van der Waals surface area contributed by atoms with Crippen LogP contribution in [-0.2, 0) is 15.0 Å². The van der Waals surface area contributed by atoms with Crippen LogP contribution in [0.3, 0.4) is 0 Å². The van der Waals surface area contributed by atoms with E-state index in [2.05, 4.69) is 0 Å². The lowest BCUT2D eigenvalue weighted by atomic mass is 10.1. The molecule has 0 aliphatic heterocycles. The van der Waals surface area contributed by atoms with Crippen LogP contribution in [0.4, 0.5) is 0 Å². The molecule has 0 aromatic heterocycles. The van der Waals surface area contributed by atoms with Crippen LogP contribution in [0.5, 0.6) is 0 Å². The monoisotopic (exact) mass is 266 g/mol. The van der Waals surface area contributed by atoms with Gasteiger partial charge in [-0.2, -0.15) is 12.7 Å². The van der Waals surface area contributed by atoms with Crippen LogP contribution < -0.4 is 9.83 Å². The molecule has 17 heavy (non-hydrogen) atoms. The minimum Gasteiger partial charge on any atom is -0.544 e. The summed E-state index contributed by atoms with van der Waals surface area (Å²) in [6, 6.07) is -1.06. The van der Waals surface area contributed by atoms with Crippen molar-refractivity contribution in [2.45, 2.75) is 40.2 Å². The van der Waals surface area contributed by atoms with Crippen molar-refractivity contribution < 1.29 is 23.0 Å². The molecule has 0 fully saturated rings. The maximum absolute atomic E-state index is 11.9. The van der Waals surface area contributed by atoms with Gasteiger partial charge in [0.15, 0.2) is 0 Å². The fourth-order valence-corrected chi connectivity index (χ4v) is 3.12. The number of nitrogens with zero attached hydrogens (tertiary/aromatic N) is 1. The summed E-state index contributed by atoms with van der Waals surface area (Å²) in [5.74, 6) is -1.24. The fraction of sp³-hybridized carbons (Fsp3) is 0.900. The second kappa shape index (κ2) is 6.93. The van der Waals surface area contributed by atoms with Crippen LogP contribution in [0.25, 0.3) is 0 Å². The summed E-state index contributed by atoms with van der Waals surface area (Å²) in [5, 5.41) is 10.9. The van der Waals surface area contributed by atoms with Gasteiger partial charge in [0, 0.05) is 19.5 Å². The molecule has 0 aliphatic rings. The maximum Gasteiger partial charge on any atom is 0.369 e. The summed E-state index contributed by atoms with van der Waals surface area (Å²) < 4.78 is 25.9. The Labute approximate surface area is 103 Å². The zero-order chi connectivity index (χ0) is 13.6. The Morgan fingerprint density at radius 1 is 1.29 bits per heavy atom. The highest BCUT2D eigenvalue weighted by atomic mass is 32.2. The zero-order valence-electron chi connectivity index (χ0n) is 10.8. The van der Waals surface area contributed by atoms with Crippen molar-refractivity contribution in [1.29, 1.82) is 0 Å². The van der Waals surface area contributed by atoms with E-state index in [0.717, 1.165) is 4.72 Å². The molecular formula is C10H22N2O4S. The van der Waals surface area contributed by atoms with Crippen molar-refractivity contribution in [2.75, 3.05) is 13.1 Å². The van der Waals surface area contributed by atoms with Crippen molar-refractivity contribution in [3.63, 3.8) is 0 Å². The lowest BCUT2D eigenvalue weighted by Crippen LogP contribution is -2.97. The van der Waals surface area contributed by atoms with E-state index in [1.54, 1.807) is 13.8 Å². The molecule has 2 N–H and O–H groups in total. The largest absolute Gasteiger partial charge is 0.544 e. The highest BCUT2D eigenvalue weighted by Gasteiger charge is 2.28. The number of carboxylic acid groups (broad SMARTS) is 1. The van der Waals surface area contributed by atoms with E-state index in [1.165, 1.54) is 4.31 Å². The smallest absolute Gasteiger partial charge is 0.369 e. The van der Waals surface area contributed by atoms with Crippen molar-refractivity contribution >= 4 is 16.2 Å². The van der Waals surface area contributed by atoms with E-state index in [0.29, 0.717) is 13.1 Å². The number of hydrogen-bond donors (Lipinski definition) is 1. The third-order valence-corrected chi connectivity index (χ3v) is 4.34. The molecule has 0 spiro atoms. The maximum atomic E-state index is 11.9. The Balaban J connectivity index is 4.80. The topological polar surface area (TPSA) is 94.1 Å². The summed E-state index contributed by atoms with van der Waals surface area (Å²) in [6.45, 7) is 7.77. The molecule has 0 amide bonds. The van der Waals surface area contributed by atoms with Gasteiger partial charge in [-0.05, 0) is 5.92 Å². The highest BCUT2D eigenvalue weighted by molar-refractivity contribution is 7.82. The molecular weight excluding hydrogens is 244 g/mol. The van der Waals surface area contributed by atoms with Crippen molar-refractivity contribution in [2.24, 2.45) is 5.92 Å². The Morgan fingerprint density at radius 2 is 1.76 bits per heavy atom. The number of carbonyl (C=O) groups is 1. The molecule has 0 aliphatic carbocycles. The molecule has 0 unspecified atom stereocenters. The lowest BCUT2D eigenvalue weighted by Gasteiger charge is -2.22. The van der Waals surface area contributed by atoms with Crippen molar-refractivity contribution in [3.8, 4) is 0 Å². The Bertz CT molecular complexity index is 336. The van der Waals surface area contributed by atoms with Gasteiger partial charge in [0.1, 0.15) is 12.0 Å². The normalized spacial score (nSPS) is 14.2. The predicted octanol–water partition coefficient (Wildman–Crippen LogP) is -1.70. The summed E-state index contributed by atoms with van der Waals surface area (Å²) in [4.78, 5) is 10.9. The van der Waals surface area contributed by atoms with Crippen LogP contribution in [0.1, 0.15) is 34.1 Å². The van der Waals surface area contributed by atoms with Crippen LogP contribution in [-0.4, -0.2) is 37.8 Å². The molecule has 0 bridgehead atoms. The first-order valence-corrected chi connectivity index (χ1v) is 7.30. The van der Waals surface area contributed by atoms with Gasteiger partial charge in [-0.25, -0.2) is 4.72 Å². The molecule has 0 saturated carbocycles. The predicted molar refractivity (Wildman–Crippen MR) is 62.0 cm³/mol. The van der Waals surface area contributed by atoms with Crippen LogP contribution in [0, 0.1) is 5.92 Å². The first kappa shape index (κ1) is 16.3. The first-order valence-electron chi connectivity index (χ1n) is 5.80. The van der Waals surface area contributed by atoms with Gasteiger partial charge in [-0.3, -0.25) is 0 Å². The molecule has 0 aromatic carbocycles. The van der Waals surface area contributed by atoms with E-state index in [9.17, 15) is 18.3 Å². The van der Waals surface area contributed by atoms with Gasteiger partial charge in [0.2, 0.25) is 0 Å². The Morgan fingerprint density at radius 3 is 2.06 bits per heavy atom. The second-order valence-electron chi connectivity index (χ2n) is 4.32. The van der Waals surface area contributed by atoms with E-state index in [1.807, 2.05) is 13.8 Å². The number of nitrogens with two attached hydrogens (primary N) is 1. The van der Waals surface area contributed by atoms with E-state index in [-0.39, 0.29) is 12.3 Å². The SMILES string of the molecule is CCN(CC)S(=O)(=O)[NH2+][C@@H](CC(C)C)C(=O)[O-]. The van der Waals surface area contributed by atoms with E-state index < -0.39 is 22.2 Å². The summed E-state index contributed by atoms with van der Waals surface area (Å²) in [7, 11) is -3.62. The number of carbonyl (C=O) groups excluding carboxylic acids is 1. The van der Waals surface area contributed by atoms with Gasteiger partial charge in [0.25, 0.3) is 0 Å². The molecule has 7 heteroatoms. The lowest BCUT2D eigenvalue weighted by molar-refractivity contribution is -0.546. The van der Waals surface area contributed by atoms with Crippen molar-refractivity contribution in [1.82, 2.24) is 4.31 Å². The van der Waals surface area contributed by atoms with Crippen molar-refractivity contribution in [3.05, 3.63) is 0 Å². The Kier molecular flexibility index (Phi) is 6.66. The Hall–Kier alpha value is -0.660. The van der Waals surface area contributed by atoms with Crippen LogP contribution >= 0.6 is 0 Å². The molecule has 0 rings (SSSR count). The molecule has 0 radical (unpaired) electrons. The van der Waals surface area contributed by atoms with E-state index in [4.69, 9.17) is 0 Å². The van der Waals surface area contributed by atoms with Crippen LogP contribution in [0.15, 0.2) is 0 Å². The summed E-state index contributed by atoms with van der Waals surface area (Å²) in [6.07, 6.45) is 0.267. The fourth-order valence-electron chi connectivity index (χ4n) is 1.59. The minimum atomic E-state index is -3.62. The molecule has 102 valence electrons. The number of carboxylic acids is 1. The molecule has 6 nitrogen and oxygen atoms in total. The van der Waals surface area contributed by atoms with E-state index >= 15 is 0 Å². The van der Waals surface area contributed by atoms with Gasteiger partial charge >= 0.3 is 10.2 Å². The summed E-state index contributed by atoms with van der Waals surface area (Å²) in [5.41, 5.74) is 0. The number of quaternary nitrogens is 1. The first-order chi connectivity index (χ1) is 7.74. The molecule has 0 saturated heterocycles. The number of rotatable bonds is 8. The van der Waals surface area contributed by atoms with Gasteiger partial charge in [-0.15, -0.1) is 0 Å². The summed E-state index contributed by atoms with van der Waals surface area (Å²) >= 11 is 0. The number of aliphatic carboxylic acids is 1. The molecule has 0 aromatic rings. The molecule has 1 atom stereocenters. The number of hydrogen-bond acceptors (Lipinski definition) is 4. The standard InChI is InChI=1S/C10H22N2O4S/c1-5-12(6-2)17(15,16)11-9(10(13)14)7-8(3)4/h8-9,11H,5-7H2,1-4H3,(H,13,14)/t9-/m0/s1. The minimum absolute atomic E-state index is 0.0982. The van der Waals surface area contributed by atoms with Gasteiger partial charge in [0.05, 0.1) is 0 Å². The average Bonchev–Trinajstić information content (AvgIpc) is 2.16. The zero-order valence-corrected chi connectivity index (χ0v) is 11.7. The average molecular weight is 266 g/mol. The van der Waals surface area contributed by atoms with Gasteiger partial charge < -0.3 is 9.90 Å². The molecule has 0 heterocycles. The third kappa shape index (κ3) is 5.47. The quantitative estimate of drug-likeness (QED) is 0.566. The van der Waals surface area contributed by atoms with Crippen LogP contribution in [0.2, 0.25) is 0 Å². The third-order valence-electron chi connectivity index (χ3n) is 2.43. The highest BCUT2D eigenvalue weighted by Crippen LogP contribution is 2.02.